The van der Waals surface area contributed by atoms with Crippen LogP contribution in [-0.2, 0) is 17.8 Å². The number of carbonyl (C=O) groups is 1. The van der Waals surface area contributed by atoms with Crippen LogP contribution in [0.4, 0.5) is 0 Å². The number of nitrogens with zero attached hydrogens (tertiary/aromatic N) is 2. The van der Waals surface area contributed by atoms with Gasteiger partial charge in [-0.05, 0) is 38.7 Å². The molecule has 0 spiro atoms. The molecule has 0 saturated heterocycles. The zero-order chi connectivity index (χ0) is 12.8. The summed E-state index contributed by atoms with van der Waals surface area (Å²) >= 11 is 0. The highest BCUT2D eigenvalue weighted by Gasteiger charge is 2.09. The normalized spacial score (nSPS) is 10.6. The molecule has 1 aromatic rings. The summed E-state index contributed by atoms with van der Waals surface area (Å²) in [6, 6.07) is 0. The van der Waals surface area contributed by atoms with Crippen molar-refractivity contribution in [2.75, 3.05) is 0 Å². The zero-order valence-electron chi connectivity index (χ0n) is 10.9. The molecule has 5 nitrogen and oxygen atoms in total. The molecule has 96 valence electrons. The molecule has 0 saturated carbocycles. The van der Waals surface area contributed by atoms with Crippen LogP contribution in [0.15, 0.2) is 0 Å². The number of amides is 1. The van der Waals surface area contributed by atoms with Crippen molar-refractivity contribution in [3.05, 3.63) is 17.0 Å². The van der Waals surface area contributed by atoms with E-state index in [1.807, 2.05) is 11.6 Å². The first-order chi connectivity index (χ1) is 8.10. The topological polar surface area (TPSA) is 72.9 Å². The smallest absolute Gasteiger partial charge is 0.233 e. The molecular weight excluding hydrogens is 216 g/mol. The lowest BCUT2D eigenvalue weighted by atomic mass is 10.1. The first kappa shape index (κ1) is 13.7. The first-order valence-corrected chi connectivity index (χ1v) is 6.12. The Balaban J connectivity index is 2.44. The average molecular weight is 238 g/mol. The van der Waals surface area contributed by atoms with Crippen molar-refractivity contribution < 1.29 is 4.79 Å². The van der Waals surface area contributed by atoms with Crippen LogP contribution in [0.5, 0.6) is 0 Å². The summed E-state index contributed by atoms with van der Waals surface area (Å²) in [5.41, 5.74) is 5.83. The monoisotopic (exact) mass is 238 g/mol. The predicted octanol–water partition coefficient (Wildman–Crippen LogP) is 1.22. The van der Waals surface area contributed by atoms with Gasteiger partial charge in [-0.25, -0.2) is 5.84 Å². The van der Waals surface area contributed by atoms with E-state index in [9.17, 15) is 4.79 Å². The molecule has 5 heteroatoms. The molecule has 0 radical (unpaired) electrons. The predicted molar refractivity (Wildman–Crippen MR) is 67.3 cm³/mol. The number of aromatic nitrogens is 2. The summed E-state index contributed by atoms with van der Waals surface area (Å²) in [6.45, 7) is 7.16. The maximum atomic E-state index is 10.9. The first-order valence-electron chi connectivity index (χ1n) is 6.12. The maximum Gasteiger partial charge on any atom is 0.233 e. The van der Waals surface area contributed by atoms with E-state index in [1.165, 1.54) is 11.3 Å². The van der Waals surface area contributed by atoms with Gasteiger partial charge in [-0.3, -0.25) is 14.9 Å². The number of hydrogen-bond donors (Lipinski definition) is 2. The van der Waals surface area contributed by atoms with E-state index in [1.54, 1.807) is 0 Å². The van der Waals surface area contributed by atoms with Gasteiger partial charge in [-0.15, -0.1) is 0 Å². The van der Waals surface area contributed by atoms with Crippen LogP contribution in [0, 0.1) is 13.8 Å². The van der Waals surface area contributed by atoms with Crippen molar-refractivity contribution in [3.8, 4) is 0 Å². The van der Waals surface area contributed by atoms with E-state index < -0.39 is 0 Å². The summed E-state index contributed by atoms with van der Waals surface area (Å²) < 4.78 is 2.04. The number of hydrazine groups is 1. The van der Waals surface area contributed by atoms with Crippen molar-refractivity contribution >= 4 is 5.91 Å². The highest BCUT2D eigenvalue weighted by atomic mass is 16.2. The van der Waals surface area contributed by atoms with Crippen LogP contribution >= 0.6 is 0 Å². The minimum absolute atomic E-state index is 0.104. The lowest BCUT2D eigenvalue weighted by Crippen LogP contribution is -2.29. The lowest BCUT2D eigenvalue weighted by molar-refractivity contribution is -0.121. The van der Waals surface area contributed by atoms with Gasteiger partial charge < -0.3 is 0 Å². The maximum absolute atomic E-state index is 10.9. The number of carbonyl (C=O) groups excluding carboxylic acids is 1. The van der Waals surface area contributed by atoms with Crippen molar-refractivity contribution in [2.24, 2.45) is 5.84 Å². The molecule has 17 heavy (non-hydrogen) atoms. The molecule has 0 bridgehead atoms. The second-order valence-electron chi connectivity index (χ2n) is 4.25. The van der Waals surface area contributed by atoms with Gasteiger partial charge >= 0.3 is 0 Å². The van der Waals surface area contributed by atoms with Crippen molar-refractivity contribution in [2.45, 2.75) is 53.0 Å². The largest absolute Gasteiger partial charge is 0.294 e. The molecule has 1 amide bonds. The molecule has 0 fully saturated rings. The van der Waals surface area contributed by atoms with E-state index in [0.717, 1.165) is 31.5 Å². The fourth-order valence-corrected chi connectivity index (χ4v) is 2.08. The quantitative estimate of drug-likeness (QED) is 0.339. The van der Waals surface area contributed by atoms with Gasteiger partial charge in [0.15, 0.2) is 0 Å². The van der Waals surface area contributed by atoms with E-state index in [-0.39, 0.29) is 5.91 Å². The minimum atomic E-state index is -0.104. The number of nitrogens with two attached hydrogens (primary N) is 1. The summed E-state index contributed by atoms with van der Waals surface area (Å²) in [7, 11) is 0. The summed E-state index contributed by atoms with van der Waals surface area (Å²) in [5.74, 6) is 4.91. The second-order valence-corrected chi connectivity index (χ2v) is 4.25. The molecule has 0 aromatic carbocycles. The second kappa shape index (κ2) is 6.39. The fraction of sp³-hybridized carbons (Fsp3) is 0.667. The Morgan fingerprint density at radius 1 is 1.41 bits per heavy atom. The molecule has 1 heterocycles. The lowest BCUT2D eigenvalue weighted by Gasteiger charge is -2.04. The Morgan fingerprint density at radius 3 is 2.65 bits per heavy atom. The van der Waals surface area contributed by atoms with Gasteiger partial charge in [-0.2, -0.15) is 5.10 Å². The zero-order valence-corrected chi connectivity index (χ0v) is 10.9. The molecule has 0 aliphatic heterocycles. The molecule has 0 unspecified atom stereocenters. The molecule has 3 N–H and O–H groups in total. The number of hydrogen-bond acceptors (Lipinski definition) is 3. The third-order valence-electron chi connectivity index (χ3n) is 3.07. The van der Waals surface area contributed by atoms with Crippen LogP contribution in [0.3, 0.4) is 0 Å². The number of nitrogens with one attached hydrogen (secondary N) is 1. The summed E-state index contributed by atoms with van der Waals surface area (Å²) in [5, 5.41) is 4.51. The van der Waals surface area contributed by atoms with E-state index >= 15 is 0 Å². The van der Waals surface area contributed by atoms with Crippen LogP contribution in [0.25, 0.3) is 0 Å². The molecule has 0 atom stereocenters. The Kier molecular flexibility index (Phi) is 5.15. The summed E-state index contributed by atoms with van der Waals surface area (Å²) in [4.78, 5) is 10.9. The Hall–Kier alpha value is -1.36. The third-order valence-corrected chi connectivity index (χ3v) is 3.07. The van der Waals surface area contributed by atoms with Gasteiger partial charge in [0.1, 0.15) is 0 Å². The SMILES string of the molecule is CCc1c(C)nn(CCCCC(=O)NN)c1C. The fourth-order valence-electron chi connectivity index (χ4n) is 2.08. The van der Waals surface area contributed by atoms with E-state index in [4.69, 9.17) is 5.84 Å². The molecule has 0 aliphatic carbocycles. The van der Waals surface area contributed by atoms with Gasteiger partial charge in [0.2, 0.25) is 5.91 Å². The molecule has 1 rings (SSSR count). The average Bonchev–Trinajstić information content (AvgIpc) is 2.59. The van der Waals surface area contributed by atoms with Gasteiger partial charge in [0, 0.05) is 18.7 Å². The highest BCUT2D eigenvalue weighted by Crippen LogP contribution is 2.14. The highest BCUT2D eigenvalue weighted by molar-refractivity contribution is 5.74. The number of unbranched alkanes of at least 4 members (excludes halogenated alkanes) is 1. The van der Waals surface area contributed by atoms with E-state index in [2.05, 4.69) is 24.4 Å². The van der Waals surface area contributed by atoms with E-state index in [0.29, 0.717) is 6.42 Å². The van der Waals surface area contributed by atoms with Crippen LogP contribution in [-0.4, -0.2) is 15.7 Å². The van der Waals surface area contributed by atoms with Crippen LogP contribution in [0.2, 0.25) is 0 Å². The Labute approximate surface area is 102 Å². The van der Waals surface area contributed by atoms with Crippen LogP contribution < -0.4 is 11.3 Å². The standard InChI is InChI=1S/C12H22N4O/c1-4-11-9(2)15-16(10(11)3)8-6-5-7-12(17)14-13/h4-8,13H2,1-3H3,(H,14,17). The summed E-state index contributed by atoms with van der Waals surface area (Å²) in [6.07, 6.45) is 3.28. The van der Waals surface area contributed by atoms with Crippen molar-refractivity contribution in [1.29, 1.82) is 0 Å². The third kappa shape index (κ3) is 3.56. The number of aryl methyl sites for hydroxylation is 2. The molecular formula is C12H22N4O. The van der Waals surface area contributed by atoms with Crippen LogP contribution in [0.1, 0.15) is 43.1 Å². The Morgan fingerprint density at radius 2 is 2.12 bits per heavy atom. The van der Waals surface area contributed by atoms with Crippen molar-refractivity contribution in [3.63, 3.8) is 0 Å². The molecule has 0 aliphatic rings. The van der Waals surface area contributed by atoms with Gasteiger partial charge in [0.05, 0.1) is 5.69 Å². The van der Waals surface area contributed by atoms with Gasteiger partial charge in [-0.1, -0.05) is 6.92 Å². The minimum Gasteiger partial charge on any atom is -0.294 e. The van der Waals surface area contributed by atoms with Crippen molar-refractivity contribution in [1.82, 2.24) is 15.2 Å². The number of rotatable bonds is 6. The van der Waals surface area contributed by atoms with Gasteiger partial charge in [0.25, 0.3) is 0 Å². The Bertz CT molecular complexity index is 384. The molecule has 1 aromatic heterocycles.